The molecule has 1 heterocycles. The molecule has 0 aliphatic carbocycles. The molecule has 144 valence electrons. The Morgan fingerprint density at radius 1 is 1.00 bits per heavy atom. The van der Waals surface area contributed by atoms with Gasteiger partial charge in [-0.15, -0.1) is 23.2 Å². The molecule has 2 atom stereocenters. The maximum atomic E-state index is 13.5. The van der Waals surface area contributed by atoms with Crippen molar-refractivity contribution in [2.75, 3.05) is 36.6 Å². The van der Waals surface area contributed by atoms with Gasteiger partial charge in [-0.05, 0) is 24.6 Å². The highest BCUT2D eigenvalue weighted by Crippen LogP contribution is 2.57. The average molecular weight is 424 g/mol. The number of carbonyl (C=O) groups excluding carboxylic acids is 1. The highest BCUT2D eigenvalue weighted by Gasteiger charge is 2.42. The molecule has 27 heavy (non-hydrogen) atoms. The van der Waals surface area contributed by atoms with Crippen LogP contribution in [0, 0.1) is 0 Å². The molecule has 1 aliphatic rings. The van der Waals surface area contributed by atoms with Gasteiger partial charge >= 0.3 is 0 Å². The van der Waals surface area contributed by atoms with Crippen molar-refractivity contribution in [2.45, 2.75) is 13.0 Å². The van der Waals surface area contributed by atoms with E-state index >= 15 is 0 Å². The number of alkyl halides is 2. The molecule has 0 spiro atoms. The van der Waals surface area contributed by atoms with Crippen LogP contribution in [0.25, 0.3) is 0 Å². The monoisotopic (exact) mass is 423 g/mol. The minimum absolute atomic E-state index is 0.0558. The molecule has 2 aromatic carbocycles. The maximum absolute atomic E-state index is 13.5. The van der Waals surface area contributed by atoms with Crippen LogP contribution in [0.2, 0.25) is 0 Å². The number of hydrogen-bond donors (Lipinski definition) is 0. The second-order valence-corrected chi connectivity index (χ2v) is 9.27. The van der Waals surface area contributed by atoms with E-state index in [1.165, 1.54) is 0 Å². The van der Waals surface area contributed by atoms with Gasteiger partial charge in [-0.25, -0.2) is 4.67 Å². The summed E-state index contributed by atoms with van der Waals surface area (Å²) < 4.78 is 6.46. The van der Waals surface area contributed by atoms with Gasteiger partial charge in [-0.3, -0.25) is 9.46 Å². The molecular formula is C20H24Cl2N3OP. The highest BCUT2D eigenvalue weighted by atomic mass is 35.5. The minimum atomic E-state index is -1.08. The summed E-state index contributed by atoms with van der Waals surface area (Å²) in [5, 5.41) is 0. The van der Waals surface area contributed by atoms with E-state index in [1.807, 2.05) is 47.1 Å². The number of anilines is 1. The highest BCUT2D eigenvalue weighted by molar-refractivity contribution is 7.55. The van der Waals surface area contributed by atoms with Gasteiger partial charge in [0.05, 0.1) is 17.3 Å². The molecule has 0 aromatic heterocycles. The largest absolute Gasteiger partial charge is 0.324 e. The van der Waals surface area contributed by atoms with Crippen molar-refractivity contribution >= 4 is 43.2 Å². The van der Waals surface area contributed by atoms with Crippen molar-refractivity contribution in [1.82, 2.24) is 9.34 Å². The van der Waals surface area contributed by atoms with E-state index in [0.29, 0.717) is 24.8 Å². The third-order valence-corrected chi connectivity index (χ3v) is 7.65. The van der Waals surface area contributed by atoms with E-state index in [0.717, 1.165) is 16.8 Å². The summed E-state index contributed by atoms with van der Waals surface area (Å²) in [5.74, 6) is 1.04. The molecule has 2 aromatic rings. The second kappa shape index (κ2) is 9.25. The zero-order chi connectivity index (χ0) is 19.4. The third-order valence-electron chi connectivity index (χ3n) is 4.74. The molecule has 0 saturated heterocycles. The Labute approximate surface area is 172 Å². The summed E-state index contributed by atoms with van der Waals surface area (Å²) in [6, 6.07) is 17.9. The third kappa shape index (κ3) is 4.09. The fourth-order valence-electron chi connectivity index (χ4n) is 3.40. The minimum Gasteiger partial charge on any atom is -0.324 e. The topological polar surface area (TPSA) is 26.8 Å². The first kappa shape index (κ1) is 20.4. The molecule has 0 radical (unpaired) electrons. The first-order chi connectivity index (χ1) is 13.1. The van der Waals surface area contributed by atoms with Crippen LogP contribution in [0.3, 0.4) is 0 Å². The number of rotatable bonds is 7. The molecule has 0 N–H and O–H groups in total. The van der Waals surface area contributed by atoms with E-state index in [-0.39, 0.29) is 11.9 Å². The van der Waals surface area contributed by atoms with Gasteiger partial charge in [0.25, 0.3) is 5.91 Å². The summed E-state index contributed by atoms with van der Waals surface area (Å²) in [4.78, 5) is 13.5. The number of hydrogen-bond acceptors (Lipinski definition) is 3. The summed E-state index contributed by atoms with van der Waals surface area (Å²) in [7, 11) is 0.974. The lowest BCUT2D eigenvalue weighted by atomic mass is 10.1. The predicted molar refractivity (Wildman–Crippen MR) is 116 cm³/mol. The molecule has 0 saturated carbocycles. The van der Waals surface area contributed by atoms with E-state index < -0.39 is 8.37 Å². The van der Waals surface area contributed by atoms with E-state index in [4.69, 9.17) is 23.2 Å². The van der Waals surface area contributed by atoms with Gasteiger partial charge in [0.1, 0.15) is 0 Å². The van der Waals surface area contributed by atoms with Gasteiger partial charge in [0, 0.05) is 31.9 Å². The SMILES string of the molecule is CC(c1ccccc1)N1C(=O)c2ccccc2N(C)P1N(CCCl)CCCl. The van der Waals surface area contributed by atoms with Crippen LogP contribution in [0.4, 0.5) is 5.69 Å². The van der Waals surface area contributed by atoms with Gasteiger partial charge in [0.15, 0.2) is 8.37 Å². The number of benzene rings is 2. The maximum Gasteiger partial charge on any atom is 0.262 e. The van der Waals surface area contributed by atoms with Gasteiger partial charge < -0.3 is 4.67 Å². The molecule has 4 nitrogen and oxygen atoms in total. The Morgan fingerprint density at radius 2 is 1.59 bits per heavy atom. The van der Waals surface area contributed by atoms with Gasteiger partial charge in [-0.1, -0.05) is 42.5 Å². The van der Waals surface area contributed by atoms with E-state index in [1.54, 1.807) is 0 Å². The zero-order valence-corrected chi connectivity index (χ0v) is 18.0. The van der Waals surface area contributed by atoms with E-state index in [9.17, 15) is 4.79 Å². The standard InChI is InChI=1S/C20H24Cl2N3OP/c1-16(17-8-4-3-5-9-17)25-20(26)18-10-6-7-11-19(18)23(2)27(25)24(14-12-21)15-13-22/h3-11,16H,12-15H2,1-2H3. The van der Waals surface area contributed by atoms with Crippen LogP contribution < -0.4 is 4.67 Å². The van der Waals surface area contributed by atoms with Crippen molar-refractivity contribution in [2.24, 2.45) is 0 Å². The average Bonchev–Trinajstić information content (AvgIpc) is 2.70. The molecule has 3 rings (SSSR count). The first-order valence-electron chi connectivity index (χ1n) is 8.98. The number of nitrogens with zero attached hydrogens (tertiary/aromatic N) is 3. The fraction of sp³-hybridized carbons (Fsp3) is 0.350. The van der Waals surface area contributed by atoms with Crippen LogP contribution in [0.1, 0.15) is 28.9 Å². The molecule has 7 heteroatoms. The van der Waals surface area contributed by atoms with Crippen LogP contribution >= 0.6 is 31.6 Å². The molecule has 2 unspecified atom stereocenters. The Balaban J connectivity index is 2.09. The molecule has 1 aliphatic heterocycles. The van der Waals surface area contributed by atoms with Crippen LogP contribution in [0.15, 0.2) is 54.6 Å². The quantitative estimate of drug-likeness (QED) is 0.443. The summed E-state index contributed by atoms with van der Waals surface area (Å²) in [6.07, 6.45) is 0. The fourth-order valence-corrected chi connectivity index (χ4v) is 6.62. The lowest BCUT2D eigenvalue weighted by molar-refractivity contribution is 0.0820. The molecule has 0 fully saturated rings. The zero-order valence-electron chi connectivity index (χ0n) is 15.6. The predicted octanol–water partition coefficient (Wildman–Crippen LogP) is 5.35. The Hall–Kier alpha value is -1.32. The Kier molecular flexibility index (Phi) is 6.99. The number of fused-ring (bicyclic) bond motifs is 1. The Bertz CT molecular complexity index is 771. The molecule has 0 bridgehead atoms. The molecule has 1 amide bonds. The Morgan fingerprint density at radius 3 is 2.22 bits per heavy atom. The van der Waals surface area contributed by atoms with Crippen molar-refractivity contribution < 1.29 is 4.79 Å². The smallest absolute Gasteiger partial charge is 0.262 e. The molecular weight excluding hydrogens is 400 g/mol. The van der Waals surface area contributed by atoms with Crippen LogP contribution in [0.5, 0.6) is 0 Å². The number of halogens is 2. The lowest BCUT2D eigenvalue weighted by Gasteiger charge is -2.49. The van der Waals surface area contributed by atoms with Gasteiger partial charge in [-0.2, -0.15) is 0 Å². The van der Waals surface area contributed by atoms with Gasteiger partial charge in [0.2, 0.25) is 0 Å². The van der Waals surface area contributed by atoms with Crippen LogP contribution in [-0.2, 0) is 0 Å². The lowest BCUT2D eigenvalue weighted by Crippen LogP contribution is -2.45. The number of para-hydroxylation sites is 1. The van der Waals surface area contributed by atoms with Crippen molar-refractivity contribution in [3.63, 3.8) is 0 Å². The first-order valence-corrected chi connectivity index (χ1v) is 11.2. The van der Waals surface area contributed by atoms with Crippen molar-refractivity contribution in [1.29, 1.82) is 0 Å². The van der Waals surface area contributed by atoms with E-state index in [2.05, 4.69) is 35.4 Å². The number of carbonyl (C=O) groups is 1. The van der Waals surface area contributed by atoms with Crippen molar-refractivity contribution in [3.8, 4) is 0 Å². The summed E-state index contributed by atoms with van der Waals surface area (Å²) >= 11 is 12.2. The van der Waals surface area contributed by atoms with Crippen molar-refractivity contribution in [3.05, 3.63) is 65.7 Å². The summed E-state index contributed by atoms with van der Waals surface area (Å²) in [6.45, 7) is 3.44. The number of amides is 1. The summed E-state index contributed by atoms with van der Waals surface area (Å²) in [5.41, 5.74) is 2.81. The van der Waals surface area contributed by atoms with Crippen LogP contribution in [-0.4, -0.2) is 47.1 Å². The normalized spacial score (nSPS) is 18.0. The second-order valence-electron chi connectivity index (χ2n) is 6.38.